The van der Waals surface area contributed by atoms with Crippen molar-refractivity contribution in [3.8, 4) is 0 Å². The van der Waals surface area contributed by atoms with E-state index in [1.807, 2.05) is 33.3 Å². The summed E-state index contributed by atoms with van der Waals surface area (Å²) in [6.07, 6.45) is 50.2. The van der Waals surface area contributed by atoms with Gasteiger partial charge in [0.1, 0.15) is 19.8 Å². The second-order valence-corrected chi connectivity index (χ2v) is 20.1. The third-order valence-corrected chi connectivity index (χ3v) is 12.3. The number of carbonyl (C=O) groups excluding carboxylic acids is 2. The molecular weight excluding hydrogens is 786 g/mol. The minimum atomic E-state index is -4.40. The summed E-state index contributed by atoms with van der Waals surface area (Å²) in [6.45, 7) is 4.34. The first-order chi connectivity index (χ1) is 29.5. The molecule has 0 aliphatic rings. The normalized spacial score (nSPS) is 13.6. The smallest absolute Gasteiger partial charge is 0.462 e. The van der Waals surface area contributed by atoms with Crippen molar-refractivity contribution in [3.05, 3.63) is 24.3 Å². The Morgan fingerprint density at radius 2 is 0.934 bits per heavy atom. The zero-order valence-corrected chi connectivity index (χ0v) is 41.6. The van der Waals surface area contributed by atoms with Crippen molar-refractivity contribution in [1.82, 2.24) is 0 Å². The standard InChI is InChI=1S/C51H98NO8P/c1-6-8-10-12-14-16-18-20-22-23-24-25-26-27-28-30-31-33-35-37-39-41-43-50(53)57-47-49(48-59-61(55,56)58-46-45-52(3,4)5)60-51(54)44-42-40-38-36-34-32-29-21-19-17-15-13-11-9-7-2/h38,40,42,44,49H,6-37,39,41,43,45-48H2,1-5H3/p+1/b40-38+,44-42+/t49-/m1/s1. The Balaban J connectivity index is 4.25. The van der Waals surface area contributed by atoms with Crippen LogP contribution in [0.1, 0.15) is 239 Å². The predicted octanol–water partition coefficient (Wildman–Crippen LogP) is 15.1. The monoisotopic (exact) mass is 885 g/mol. The Bertz CT molecular complexity index is 1090. The van der Waals surface area contributed by atoms with Gasteiger partial charge in [0.05, 0.1) is 27.7 Å². The molecule has 1 unspecified atom stereocenters. The van der Waals surface area contributed by atoms with Gasteiger partial charge in [0, 0.05) is 12.5 Å². The number of unbranched alkanes of at least 4 members (excludes halogenated alkanes) is 32. The number of phosphoric ester groups is 1. The third kappa shape index (κ3) is 47.8. The molecule has 0 fully saturated rings. The Hall–Kier alpha value is -1.51. The highest BCUT2D eigenvalue weighted by Gasteiger charge is 2.26. The van der Waals surface area contributed by atoms with Crippen molar-refractivity contribution < 1.29 is 42.1 Å². The van der Waals surface area contributed by atoms with Gasteiger partial charge < -0.3 is 18.9 Å². The average molecular weight is 885 g/mol. The van der Waals surface area contributed by atoms with Crippen LogP contribution in [-0.2, 0) is 32.7 Å². The topological polar surface area (TPSA) is 108 Å². The molecule has 61 heavy (non-hydrogen) atoms. The Morgan fingerprint density at radius 3 is 1.34 bits per heavy atom. The van der Waals surface area contributed by atoms with E-state index in [1.54, 1.807) is 6.08 Å². The minimum absolute atomic E-state index is 0.0184. The maximum absolute atomic E-state index is 12.6. The van der Waals surface area contributed by atoms with Crippen LogP contribution in [0.2, 0.25) is 0 Å². The molecule has 1 N–H and O–H groups in total. The number of rotatable bonds is 47. The van der Waals surface area contributed by atoms with E-state index in [-0.39, 0.29) is 25.6 Å². The second kappa shape index (κ2) is 43.7. The van der Waals surface area contributed by atoms with Gasteiger partial charge in [-0.3, -0.25) is 13.8 Å². The third-order valence-electron chi connectivity index (χ3n) is 11.3. The maximum atomic E-state index is 12.6. The van der Waals surface area contributed by atoms with E-state index in [2.05, 4.69) is 13.8 Å². The summed E-state index contributed by atoms with van der Waals surface area (Å²) >= 11 is 0. The van der Waals surface area contributed by atoms with Gasteiger partial charge in [0.2, 0.25) is 0 Å². The number of esters is 2. The van der Waals surface area contributed by atoms with Crippen molar-refractivity contribution in [2.24, 2.45) is 0 Å². The van der Waals surface area contributed by atoms with E-state index in [9.17, 15) is 19.0 Å². The summed E-state index contributed by atoms with van der Waals surface area (Å²) in [6, 6.07) is 0. The number of phosphoric acid groups is 1. The molecular formula is C51H99NO8P+. The first-order valence-electron chi connectivity index (χ1n) is 25.6. The molecule has 0 amide bonds. The van der Waals surface area contributed by atoms with Crippen molar-refractivity contribution in [1.29, 1.82) is 0 Å². The van der Waals surface area contributed by atoms with Gasteiger partial charge in [0.25, 0.3) is 0 Å². The minimum Gasteiger partial charge on any atom is -0.462 e. The van der Waals surface area contributed by atoms with Crippen molar-refractivity contribution in [2.45, 2.75) is 245 Å². The largest absolute Gasteiger partial charge is 0.472 e. The van der Waals surface area contributed by atoms with Crippen LogP contribution in [0.25, 0.3) is 0 Å². The number of hydrogen-bond acceptors (Lipinski definition) is 7. The fourth-order valence-electron chi connectivity index (χ4n) is 7.34. The van der Waals surface area contributed by atoms with Crippen LogP contribution < -0.4 is 0 Å². The van der Waals surface area contributed by atoms with Crippen LogP contribution in [0.3, 0.4) is 0 Å². The molecule has 0 aliphatic carbocycles. The number of quaternary nitrogens is 1. The highest BCUT2D eigenvalue weighted by molar-refractivity contribution is 7.47. The molecule has 10 heteroatoms. The van der Waals surface area contributed by atoms with Crippen LogP contribution in [0.4, 0.5) is 0 Å². The number of likely N-dealkylation sites (N-methyl/N-ethyl adjacent to an activating group) is 1. The van der Waals surface area contributed by atoms with Crippen molar-refractivity contribution in [3.63, 3.8) is 0 Å². The molecule has 0 bridgehead atoms. The highest BCUT2D eigenvalue weighted by atomic mass is 31.2. The molecule has 0 spiro atoms. The number of ether oxygens (including phenoxy) is 2. The summed E-state index contributed by atoms with van der Waals surface area (Å²) < 4.78 is 34.2. The van der Waals surface area contributed by atoms with E-state index in [0.29, 0.717) is 11.0 Å². The van der Waals surface area contributed by atoms with Crippen LogP contribution in [0.15, 0.2) is 24.3 Å². The molecule has 0 aromatic carbocycles. The molecule has 0 rings (SSSR count). The fraction of sp³-hybridized carbons (Fsp3) is 0.882. The zero-order valence-electron chi connectivity index (χ0n) is 40.7. The molecule has 0 aromatic rings. The van der Waals surface area contributed by atoms with Gasteiger partial charge >= 0.3 is 19.8 Å². The molecule has 0 heterocycles. The van der Waals surface area contributed by atoms with Gasteiger partial charge in [0.15, 0.2) is 6.10 Å². The van der Waals surface area contributed by atoms with Gasteiger partial charge in [-0.1, -0.05) is 231 Å². The van der Waals surface area contributed by atoms with E-state index in [4.69, 9.17) is 18.5 Å². The number of nitrogens with zero attached hydrogens (tertiary/aromatic N) is 1. The molecule has 0 radical (unpaired) electrons. The molecule has 360 valence electrons. The second-order valence-electron chi connectivity index (χ2n) is 18.6. The average Bonchev–Trinajstić information content (AvgIpc) is 3.21. The summed E-state index contributed by atoms with van der Waals surface area (Å²) in [4.78, 5) is 35.4. The van der Waals surface area contributed by atoms with Gasteiger partial charge in [-0.2, -0.15) is 0 Å². The summed E-state index contributed by atoms with van der Waals surface area (Å²) in [5.74, 6) is -1.04. The van der Waals surface area contributed by atoms with Gasteiger partial charge in [-0.15, -0.1) is 0 Å². The quantitative estimate of drug-likeness (QED) is 0.0161. The van der Waals surface area contributed by atoms with Gasteiger partial charge in [-0.25, -0.2) is 9.36 Å². The number of carbonyl (C=O) groups is 2. The summed E-state index contributed by atoms with van der Waals surface area (Å²) in [5, 5.41) is 0. The summed E-state index contributed by atoms with van der Waals surface area (Å²) in [7, 11) is 1.44. The van der Waals surface area contributed by atoms with E-state index in [1.165, 1.54) is 192 Å². The molecule has 2 atom stereocenters. The lowest BCUT2D eigenvalue weighted by atomic mass is 10.0. The first-order valence-corrected chi connectivity index (χ1v) is 27.1. The van der Waals surface area contributed by atoms with Crippen LogP contribution in [0.5, 0.6) is 0 Å². The Labute approximate surface area is 377 Å². The number of allylic oxidation sites excluding steroid dienone is 3. The van der Waals surface area contributed by atoms with Crippen LogP contribution in [0, 0.1) is 0 Å². The molecule has 9 nitrogen and oxygen atoms in total. The lowest BCUT2D eigenvalue weighted by Gasteiger charge is -2.24. The maximum Gasteiger partial charge on any atom is 0.472 e. The zero-order chi connectivity index (χ0) is 45.0. The fourth-order valence-corrected chi connectivity index (χ4v) is 8.08. The van der Waals surface area contributed by atoms with E-state index >= 15 is 0 Å². The lowest BCUT2D eigenvalue weighted by Crippen LogP contribution is -2.37. The number of hydrogen-bond donors (Lipinski definition) is 1. The molecule has 0 saturated heterocycles. The van der Waals surface area contributed by atoms with Crippen molar-refractivity contribution >= 4 is 19.8 Å². The molecule has 0 aliphatic heterocycles. The van der Waals surface area contributed by atoms with Crippen LogP contribution in [-0.4, -0.2) is 74.9 Å². The summed E-state index contributed by atoms with van der Waals surface area (Å²) in [5.41, 5.74) is 0. The van der Waals surface area contributed by atoms with Crippen molar-refractivity contribution in [2.75, 3.05) is 47.5 Å². The molecule has 0 saturated carbocycles. The molecule has 0 aromatic heterocycles. The van der Waals surface area contributed by atoms with E-state index in [0.717, 1.165) is 32.1 Å². The highest BCUT2D eigenvalue weighted by Crippen LogP contribution is 2.43. The van der Waals surface area contributed by atoms with E-state index < -0.39 is 26.5 Å². The Kier molecular flexibility index (Phi) is 42.6. The first kappa shape index (κ1) is 59.5. The Morgan fingerprint density at radius 1 is 0.541 bits per heavy atom. The predicted molar refractivity (Wildman–Crippen MR) is 257 cm³/mol. The van der Waals surface area contributed by atoms with Crippen LogP contribution >= 0.6 is 7.82 Å². The lowest BCUT2D eigenvalue weighted by molar-refractivity contribution is -0.870. The van der Waals surface area contributed by atoms with Gasteiger partial charge in [-0.05, 0) is 19.3 Å². The SMILES string of the molecule is CCCCCCCCCCCCC/C=C/C=C/C(=O)O[C@H](COC(=O)CCCCCCCCCCCCCCCCCCCCCCCC)COP(=O)(O)OCC[N+](C)(C)C.